The molecule has 2 aromatic carbocycles. The van der Waals surface area contributed by atoms with Crippen LogP contribution in [-0.2, 0) is 0 Å². The first-order chi connectivity index (χ1) is 10.6. The van der Waals surface area contributed by atoms with E-state index in [9.17, 15) is 9.59 Å². The van der Waals surface area contributed by atoms with Crippen molar-refractivity contribution in [2.75, 3.05) is 18.6 Å². The molecule has 0 bridgehead atoms. The van der Waals surface area contributed by atoms with Crippen molar-refractivity contribution in [3.63, 3.8) is 0 Å². The number of nitrogens with zero attached hydrogens (tertiary/aromatic N) is 1. The number of ketones is 1. The SMILES string of the molecule is COc1ccc2c(c1)C(=O)CCN2C(=O)c1ccc(Br)cc1. The van der Waals surface area contributed by atoms with E-state index in [1.54, 1.807) is 42.3 Å². The maximum absolute atomic E-state index is 12.7. The van der Waals surface area contributed by atoms with Gasteiger partial charge < -0.3 is 9.64 Å². The van der Waals surface area contributed by atoms with E-state index in [1.807, 2.05) is 12.1 Å². The molecule has 0 radical (unpaired) electrons. The Labute approximate surface area is 136 Å². The van der Waals surface area contributed by atoms with Gasteiger partial charge in [-0.1, -0.05) is 15.9 Å². The molecule has 0 atom stereocenters. The molecule has 4 nitrogen and oxygen atoms in total. The third-order valence-electron chi connectivity index (χ3n) is 3.69. The molecule has 0 fully saturated rings. The molecule has 1 aliphatic rings. The molecule has 0 N–H and O–H groups in total. The van der Waals surface area contributed by atoms with Crippen LogP contribution in [0.15, 0.2) is 46.9 Å². The van der Waals surface area contributed by atoms with Gasteiger partial charge in [-0.15, -0.1) is 0 Å². The van der Waals surface area contributed by atoms with E-state index in [0.29, 0.717) is 35.5 Å². The second kappa shape index (κ2) is 5.93. The number of anilines is 1. The predicted octanol–water partition coefficient (Wildman–Crippen LogP) is 3.69. The first-order valence-electron chi connectivity index (χ1n) is 6.89. The Morgan fingerprint density at radius 1 is 1.18 bits per heavy atom. The van der Waals surface area contributed by atoms with E-state index >= 15 is 0 Å². The van der Waals surface area contributed by atoms with Crippen LogP contribution in [0.3, 0.4) is 0 Å². The lowest BCUT2D eigenvalue weighted by atomic mass is 9.99. The molecule has 112 valence electrons. The molecule has 0 spiro atoms. The molecule has 0 unspecified atom stereocenters. The minimum absolute atomic E-state index is 0.0359. The van der Waals surface area contributed by atoms with E-state index in [4.69, 9.17) is 4.74 Å². The lowest BCUT2D eigenvalue weighted by molar-refractivity contribution is 0.0955. The van der Waals surface area contributed by atoms with E-state index < -0.39 is 0 Å². The molecule has 0 aromatic heterocycles. The molecule has 0 aliphatic carbocycles. The maximum atomic E-state index is 12.7. The number of hydrogen-bond donors (Lipinski definition) is 0. The van der Waals surface area contributed by atoms with Crippen LogP contribution in [0.2, 0.25) is 0 Å². The molecule has 0 saturated heterocycles. The summed E-state index contributed by atoms with van der Waals surface area (Å²) in [6.45, 7) is 0.396. The second-order valence-corrected chi connectivity index (χ2v) is 5.94. The molecule has 1 heterocycles. The number of carbonyl (C=O) groups excluding carboxylic acids is 2. The Kier molecular flexibility index (Phi) is 3.98. The minimum Gasteiger partial charge on any atom is -0.497 e. The fraction of sp³-hybridized carbons (Fsp3) is 0.176. The third kappa shape index (κ3) is 2.64. The van der Waals surface area contributed by atoms with Crippen LogP contribution in [0.1, 0.15) is 27.1 Å². The molecule has 2 aromatic rings. The molecule has 22 heavy (non-hydrogen) atoms. The molecule has 1 aliphatic heterocycles. The van der Waals surface area contributed by atoms with Crippen molar-refractivity contribution in [1.29, 1.82) is 0 Å². The lowest BCUT2D eigenvalue weighted by Crippen LogP contribution is -2.37. The summed E-state index contributed by atoms with van der Waals surface area (Å²) in [5, 5.41) is 0. The number of benzene rings is 2. The Bertz CT molecular complexity index is 740. The Morgan fingerprint density at radius 2 is 1.91 bits per heavy atom. The van der Waals surface area contributed by atoms with Gasteiger partial charge >= 0.3 is 0 Å². The highest BCUT2D eigenvalue weighted by atomic mass is 79.9. The standard InChI is InChI=1S/C17H14BrNO3/c1-22-13-6-7-15-14(10-13)16(20)8-9-19(15)17(21)11-2-4-12(18)5-3-11/h2-7,10H,8-9H2,1H3. The van der Waals surface area contributed by atoms with Gasteiger partial charge in [-0.25, -0.2) is 0 Å². The van der Waals surface area contributed by atoms with Crippen LogP contribution in [0.5, 0.6) is 5.75 Å². The van der Waals surface area contributed by atoms with Crippen LogP contribution in [0, 0.1) is 0 Å². The first-order valence-corrected chi connectivity index (χ1v) is 7.68. The van der Waals surface area contributed by atoms with Crippen molar-refractivity contribution in [3.8, 4) is 5.75 Å². The monoisotopic (exact) mass is 359 g/mol. The first kappa shape index (κ1) is 14.8. The largest absolute Gasteiger partial charge is 0.497 e. The van der Waals surface area contributed by atoms with Gasteiger partial charge in [0.05, 0.1) is 12.8 Å². The predicted molar refractivity (Wildman–Crippen MR) is 87.8 cm³/mol. The number of rotatable bonds is 2. The molecular weight excluding hydrogens is 346 g/mol. The Hall–Kier alpha value is -2.14. The molecule has 3 rings (SSSR count). The minimum atomic E-state index is -0.105. The van der Waals surface area contributed by atoms with Gasteiger partial charge in [-0.3, -0.25) is 9.59 Å². The summed E-state index contributed by atoms with van der Waals surface area (Å²) < 4.78 is 6.08. The number of halogens is 1. The number of carbonyl (C=O) groups is 2. The highest BCUT2D eigenvalue weighted by molar-refractivity contribution is 9.10. The lowest BCUT2D eigenvalue weighted by Gasteiger charge is -2.29. The topological polar surface area (TPSA) is 46.6 Å². The zero-order valence-corrected chi connectivity index (χ0v) is 13.6. The number of Topliss-reactive ketones (excluding diaryl/α,β-unsaturated/α-hetero) is 1. The number of amides is 1. The van der Waals surface area contributed by atoms with Gasteiger partial charge in [0.25, 0.3) is 5.91 Å². The third-order valence-corrected chi connectivity index (χ3v) is 4.22. The maximum Gasteiger partial charge on any atom is 0.258 e. The van der Waals surface area contributed by atoms with Gasteiger partial charge in [-0.2, -0.15) is 0 Å². The summed E-state index contributed by atoms with van der Waals surface area (Å²) in [4.78, 5) is 26.5. The summed E-state index contributed by atoms with van der Waals surface area (Å²) in [5.74, 6) is 0.546. The van der Waals surface area contributed by atoms with Gasteiger partial charge in [0.2, 0.25) is 0 Å². The van der Waals surface area contributed by atoms with Gasteiger partial charge in [-0.05, 0) is 42.5 Å². The smallest absolute Gasteiger partial charge is 0.258 e. The molecular formula is C17H14BrNO3. The number of ether oxygens (including phenoxy) is 1. The zero-order chi connectivity index (χ0) is 15.7. The van der Waals surface area contributed by atoms with Gasteiger partial charge in [0, 0.05) is 28.6 Å². The Morgan fingerprint density at radius 3 is 2.59 bits per heavy atom. The van der Waals surface area contributed by atoms with Crippen molar-refractivity contribution >= 4 is 33.3 Å². The molecule has 0 saturated carbocycles. The van der Waals surface area contributed by atoms with Crippen LogP contribution in [-0.4, -0.2) is 25.3 Å². The van der Waals surface area contributed by atoms with Crippen molar-refractivity contribution < 1.29 is 14.3 Å². The summed E-state index contributed by atoms with van der Waals surface area (Å²) in [6, 6.07) is 12.4. The van der Waals surface area contributed by atoms with Gasteiger partial charge in [0.1, 0.15) is 5.75 Å². The average molecular weight is 360 g/mol. The number of hydrogen-bond acceptors (Lipinski definition) is 3. The van der Waals surface area contributed by atoms with E-state index in [0.717, 1.165) is 4.47 Å². The van der Waals surface area contributed by atoms with Crippen LogP contribution in [0.25, 0.3) is 0 Å². The highest BCUT2D eigenvalue weighted by Gasteiger charge is 2.28. The summed E-state index contributed by atoms with van der Waals surface area (Å²) >= 11 is 3.36. The van der Waals surface area contributed by atoms with Crippen molar-refractivity contribution in [2.45, 2.75) is 6.42 Å². The van der Waals surface area contributed by atoms with Crippen LogP contribution < -0.4 is 9.64 Å². The van der Waals surface area contributed by atoms with E-state index in [-0.39, 0.29) is 11.7 Å². The fourth-order valence-electron chi connectivity index (χ4n) is 2.53. The van der Waals surface area contributed by atoms with E-state index in [1.165, 1.54) is 0 Å². The van der Waals surface area contributed by atoms with E-state index in [2.05, 4.69) is 15.9 Å². The normalized spacial score (nSPS) is 13.7. The zero-order valence-electron chi connectivity index (χ0n) is 12.0. The van der Waals surface area contributed by atoms with Crippen molar-refractivity contribution in [3.05, 3.63) is 58.1 Å². The van der Waals surface area contributed by atoms with Crippen LogP contribution >= 0.6 is 15.9 Å². The van der Waals surface area contributed by atoms with Gasteiger partial charge in [0.15, 0.2) is 5.78 Å². The Balaban J connectivity index is 1.99. The molecule has 5 heteroatoms. The summed E-state index contributed by atoms with van der Waals surface area (Å²) in [5.41, 5.74) is 1.78. The second-order valence-electron chi connectivity index (χ2n) is 5.02. The fourth-order valence-corrected chi connectivity index (χ4v) is 2.79. The quantitative estimate of drug-likeness (QED) is 0.821. The van der Waals surface area contributed by atoms with Crippen molar-refractivity contribution in [1.82, 2.24) is 0 Å². The average Bonchev–Trinajstić information content (AvgIpc) is 2.55. The molecule has 1 amide bonds. The highest BCUT2D eigenvalue weighted by Crippen LogP contribution is 2.31. The van der Waals surface area contributed by atoms with Crippen LogP contribution in [0.4, 0.5) is 5.69 Å². The number of methoxy groups -OCH3 is 1. The van der Waals surface area contributed by atoms with Crippen molar-refractivity contribution in [2.24, 2.45) is 0 Å². The summed E-state index contributed by atoms with van der Waals surface area (Å²) in [6.07, 6.45) is 0.322. The summed E-state index contributed by atoms with van der Waals surface area (Å²) in [7, 11) is 1.56. The number of fused-ring (bicyclic) bond motifs is 1.